The Morgan fingerprint density at radius 3 is 1.91 bits per heavy atom. The maximum Gasteiger partial charge on any atom is 0.172 e. The number of allylic oxidation sites excluding steroid dienone is 2. The molecule has 0 fully saturated rings. The van der Waals surface area contributed by atoms with Crippen LogP contribution in [0.4, 0.5) is 17.1 Å². The molecule has 1 heterocycles. The van der Waals surface area contributed by atoms with E-state index in [9.17, 15) is 5.26 Å². The molecule has 7 heteroatoms. The van der Waals surface area contributed by atoms with E-state index < -0.39 is 5.60 Å². The molecule has 0 aliphatic carbocycles. The molecular formula is C26H22N6O. The van der Waals surface area contributed by atoms with Crippen LogP contribution in [0.3, 0.4) is 0 Å². The minimum absolute atomic E-state index is 0.0292. The molecule has 2 aromatic rings. The molecule has 162 valence electrons. The Morgan fingerprint density at radius 1 is 0.879 bits per heavy atom. The van der Waals surface area contributed by atoms with E-state index in [0.29, 0.717) is 11.3 Å². The Balaban J connectivity index is 1.80. The zero-order chi connectivity index (χ0) is 24.0. The number of hydrogen-bond acceptors (Lipinski definition) is 7. The third-order valence-corrected chi connectivity index (χ3v) is 5.05. The summed E-state index contributed by atoms with van der Waals surface area (Å²) in [6, 6.07) is 20.9. The first-order valence-corrected chi connectivity index (χ1v) is 10.1. The number of ether oxygens (including phenoxy) is 1. The van der Waals surface area contributed by atoms with Gasteiger partial charge in [0.1, 0.15) is 29.4 Å². The van der Waals surface area contributed by atoms with Crippen LogP contribution >= 0.6 is 0 Å². The summed E-state index contributed by atoms with van der Waals surface area (Å²) < 4.78 is 5.77. The van der Waals surface area contributed by atoms with E-state index in [0.717, 1.165) is 16.9 Å². The number of azo groups is 1. The quantitative estimate of drug-likeness (QED) is 0.416. The largest absolute Gasteiger partial charge is 0.480 e. The highest BCUT2D eigenvalue weighted by atomic mass is 16.5. The van der Waals surface area contributed by atoms with Crippen molar-refractivity contribution in [2.24, 2.45) is 10.2 Å². The molecule has 0 bridgehead atoms. The van der Waals surface area contributed by atoms with Crippen LogP contribution in [0.1, 0.15) is 19.4 Å². The Bertz CT molecular complexity index is 1270. The highest BCUT2D eigenvalue weighted by Gasteiger charge is 2.38. The first kappa shape index (κ1) is 23.0. The molecule has 0 aromatic heterocycles. The van der Waals surface area contributed by atoms with Crippen LogP contribution in [0.25, 0.3) is 6.08 Å². The van der Waals surface area contributed by atoms with E-state index in [-0.39, 0.29) is 16.9 Å². The van der Waals surface area contributed by atoms with Crippen LogP contribution in [-0.4, -0.2) is 19.7 Å². The van der Waals surface area contributed by atoms with E-state index in [1.807, 2.05) is 73.6 Å². The van der Waals surface area contributed by atoms with Crippen LogP contribution < -0.4 is 4.90 Å². The summed E-state index contributed by atoms with van der Waals surface area (Å²) in [6.07, 6.45) is 3.63. The molecule has 0 radical (unpaired) electrons. The monoisotopic (exact) mass is 434 g/mol. The molecule has 3 rings (SSSR count). The Labute approximate surface area is 193 Å². The highest BCUT2D eigenvalue weighted by molar-refractivity contribution is 5.64. The molecular weight excluding hydrogens is 412 g/mol. The van der Waals surface area contributed by atoms with Crippen molar-refractivity contribution >= 4 is 23.1 Å². The first-order valence-electron chi connectivity index (χ1n) is 10.1. The maximum atomic E-state index is 9.61. The predicted molar refractivity (Wildman–Crippen MR) is 126 cm³/mol. The molecule has 1 aliphatic heterocycles. The topological polar surface area (TPSA) is 109 Å². The Kier molecular flexibility index (Phi) is 6.72. The van der Waals surface area contributed by atoms with Crippen LogP contribution in [0.5, 0.6) is 0 Å². The second-order valence-corrected chi connectivity index (χ2v) is 7.98. The maximum absolute atomic E-state index is 9.61. The van der Waals surface area contributed by atoms with Gasteiger partial charge < -0.3 is 9.64 Å². The van der Waals surface area contributed by atoms with Gasteiger partial charge in [-0.15, -0.1) is 0 Å². The second-order valence-electron chi connectivity index (χ2n) is 7.98. The van der Waals surface area contributed by atoms with E-state index in [4.69, 9.17) is 15.3 Å². The van der Waals surface area contributed by atoms with Gasteiger partial charge in [-0.1, -0.05) is 24.3 Å². The lowest BCUT2D eigenvalue weighted by Gasteiger charge is -2.20. The van der Waals surface area contributed by atoms with Gasteiger partial charge in [-0.05, 0) is 55.8 Å². The fourth-order valence-electron chi connectivity index (χ4n) is 3.25. The molecule has 0 N–H and O–H groups in total. The fraction of sp³-hybridized carbons (Fsp3) is 0.192. The zero-order valence-corrected chi connectivity index (χ0v) is 18.9. The van der Waals surface area contributed by atoms with Gasteiger partial charge >= 0.3 is 0 Å². The lowest BCUT2D eigenvalue weighted by molar-refractivity contribution is 0.0954. The molecule has 33 heavy (non-hydrogen) atoms. The molecule has 0 saturated carbocycles. The second kappa shape index (κ2) is 9.64. The minimum Gasteiger partial charge on any atom is -0.480 e. The highest BCUT2D eigenvalue weighted by Crippen LogP contribution is 2.40. The van der Waals surface area contributed by atoms with E-state index in [2.05, 4.69) is 16.3 Å². The summed E-state index contributed by atoms with van der Waals surface area (Å²) >= 11 is 0. The first-order chi connectivity index (χ1) is 15.8. The van der Waals surface area contributed by atoms with Crippen LogP contribution in [0.15, 0.2) is 87.3 Å². The third-order valence-electron chi connectivity index (χ3n) is 5.05. The van der Waals surface area contributed by atoms with Crippen molar-refractivity contribution in [1.29, 1.82) is 15.8 Å². The van der Waals surface area contributed by atoms with Gasteiger partial charge in [-0.2, -0.15) is 26.0 Å². The number of hydrogen-bond donors (Lipinski definition) is 0. The molecule has 0 unspecified atom stereocenters. The van der Waals surface area contributed by atoms with Gasteiger partial charge in [0, 0.05) is 25.4 Å². The van der Waals surface area contributed by atoms with Crippen molar-refractivity contribution in [3.05, 3.63) is 82.6 Å². The smallest absolute Gasteiger partial charge is 0.172 e. The van der Waals surface area contributed by atoms with Crippen molar-refractivity contribution < 1.29 is 4.74 Å². The normalized spacial score (nSPS) is 14.6. The third kappa shape index (κ3) is 5.15. The van der Waals surface area contributed by atoms with Crippen molar-refractivity contribution in [3.63, 3.8) is 0 Å². The number of nitrogens with zero attached hydrogens (tertiary/aromatic N) is 6. The zero-order valence-electron chi connectivity index (χ0n) is 18.9. The predicted octanol–water partition coefficient (Wildman–Crippen LogP) is 6.11. The lowest BCUT2D eigenvalue weighted by atomic mass is 9.94. The molecule has 0 spiro atoms. The van der Waals surface area contributed by atoms with Crippen molar-refractivity contribution in [2.45, 2.75) is 19.4 Å². The van der Waals surface area contributed by atoms with Crippen LogP contribution in [0, 0.1) is 34.0 Å². The average molecular weight is 435 g/mol. The van der Waals surface area contributed by atoms with E-state index in [1.54, 1.807) is 32.1 Å². The number of nitriles is 3. The molecule has 7 nitrogen and oxygen atoms in total. The van der Waals surface area contributed by atoms with Gasteiger partial charge in [0.25, 0.3) is 0 Å². The van der Waals surface area contributed by atoms with Gasteiger partial charge in [-0.3, -0.25) is 0 Å². The average Bonchev–Trinajstić information content (AvgIpc) is 3.07. The fourth-order valence-corrected chi connectivity index (χ4v) is 3.25. The molecule has 0 amide bonds. The van der Waals surface area contributed by atoms with Gasteiger partial charge in [-0.25, -0.2) is 0 Å². The van der Waals surface area contributed by atoms with Crippen LogP contribution in [-0.2, 0) is 4.74 Å². The van der Waals surface area contributed by atoms with Crippen molar-refractivity contribution in [3.8, 4) is 18.2 Å². The standard InChI is InChI=1S/C26H22N6O/c1-26(2)24(23(17-29)25(33-26)19(15-27)16-28)14-7-18-5-8-20(9-6-18)30-31-21-10-12-22(13-11-21)32(3)4/h5-14H,1-4H3/b14-7+,31-30?. The van der Waals surface area contributed by atoms with Crippen molar-refractivity contribution in [2.75, 3.05) is 19.0 Å². The summed E-state index contributed by atoms with van der Waals surface area (Å²) in [5.41, 5.74) is 3.21. The lowest BCUT2D eigenvalue weighted by Crippen LogP contribution is -2.20. The molecule has 0 saturated heterocycles. The van der Waals surface area contributed by atoms with E-state index >= 15 is 0 Å². The van der Waals surface area contributed by atoms with Crippen molar-refractivity contribution in [1.82, 2.24) is 0 Å². The Morgan fingerprint density at radius 2 is 1.42 bits per heavy atom. The van der Waals surface area contributed by atoms with Gasteiger partial charge in [0.2, 0.25) is 0 Å². The number of anilines is 1. The van der Waals surface area contributed by atoms with Gasteiger partial charge in [0.05, 0.1) is 11.4 Å². The SMILES string of the molecule is CN(C)c1ccc(N=Nc2ccc(/C=C/C3=C(C#N)C(=C(C#N)C#N)OC3(C)C)cc2)cc1. The molecule has 1 aliphatic rings. The summed E-state index contributed by atoms with van der Waals surface area (Å²) in [7, 11) is 3.97. The summed E-state index contributed by atoms with van der Waals surface area (Å²) in [5, 5.41) is 36.5. The van der Waals surface area contributed by atoms with E-state index in [1.165, 1.54) is 0 Å². The summed E-state index contributed by atoms with van der Waals surface area (Å²) in [6.45, 7) is 3.58. The molecule has 0 atom stereocenters. The summed E-state index contributed by atoms with van der Waals surface area (Å²) in [4.78, 5) is 2.02. The Hall–Kier alpha value is -4.67. The number of benzene rings is 2. The van der Waals surface area contributed by atoms with Crippen LogP contribution in [0.2, 0.25) is 0 Å². The van der Waals surface area contributed by atoms with Gasteiger partial charge in [0.15, 0.2) is 11.3 Å². The summed E-state index contributed by atoms with van der Waals surface area (Å²) in [5.74, 6) is 0.0292. The number of rotatable bonds is 5. The molecule has 2 aromatic carbocycles. The minimum atomic E-state index is -0.841.